The zero-order valence-corrected chi connectivity index (χ0v) is 6.19. The van der Waals surface area contributed by atoms with Crippen LogP contribution in [0.2, 0.25) is 0 Å². The minimum absolute atomic E-state index is 0.727. The second-order valence-corrected chi connectivity index (χ2v) is 3.20. The van der Waals surface area contributed by atoms with Gasteiger partial charge in [0, 0.05) is 0 Å². The van der Waals surface area contributed by atoms with Gasteiger partial charge in [-0.15, -0.1) is 0 Å². The van der Waals surface area contributed by atoms with Crippen LogP contribution < -0.4 is 0 Å². The Hall–Kier alpha value is -0.780. The van der Waals surface area contributed by atoms with Gasteiger partial charge in [-0.05, 0) is 41.9 Å². The minimum Gasteiger partial charge on any atom is -0.0950 e. The third-order valence-corrected chi connectivity index (χ3v) is 2.68. The number of hydrogen-bond donors (Lipinski definition) is 0. The molecule has 1 unspecified atom stereocenters. The van der Waals surface area contributed by atoms with Crippen molar-refractivity contribution in [2.24, 2.45) is 5.92 Å². The van der Waals surface area contributed by atoms with Gasteiger partial charge in [0.05, 0.1) is 0 Å². The van der Waals surface area contributed by atoms with Crippen molar-refractivity contribution in [3.63, 3.8) is 0 Å². The van der Waals surface area contributed by atoms with Gasteiger partial charge >= 0.3 is 0 Å². The summed E-state index contributed by atoms with van der Waals surface area (Å²) < 4.78 is 0. The van der Waals surface area contributed by atoms with Gasteiger partial charge in [-0.3, -0.25) is 0 Å². The van der Waals surface area contributed by atoms with E-state index >= 15 is 0 Å². The molecule has 0 aromatic rings. The lowest BCUT2D eigenvalue weighted by Gasteiger charge is -2.33. The predicted octanol–water partition coefficient (Wildman–Crippen LogP) is 2.84. The van der Waals surface area contributed by atoms with Crippen molar-refractivity contribution in [2.45, 2.75) is 19.3 Å². The predicted molar refractivity (Wildman–Crippen MR) is 43.7 cm³/mol. The van der Waals surface area contributed by atoms with Gasteiger partial charge in [-0.25, -0.2) is 0 Å². The highest BCUT2D eigenvalue weighted by Crippen LogP contribution is 2.42. The second kappa shape index (κ2) is 1.85. The lowest BCUT2D eigenvalue weighted by Crippen LogP contribution is -2.17. The van der Waals surface area contributed by atoms with Crippen LogP contribution in [0.1, 0.15) is 19.3 Å². The Morgan fingerprint density at radius 1 is 1.40 bits per heavy atom. The Balaban J connectivity index is 2.45. The topological polar surface area (TPSA) is 0 Å². The molecule has 1 saturated carbocycles. The maximum absolute atomic E-state index is 4.04. The molecule has 2 bridgehead atoms. The number of hydrogen-bond acceptors (Lipinski definition) is 0. The molecule has 0 nitrogen and oxygen atoms in total. The third kappa shape index (κ3) is 0.620. The summed E-state index contributed by atoms with van der Waals surface area (Å²) in [7, 11) is 0. The summed E-state index contributed by atoms with van der Waals surface area (Å²) in [6.45, 7) is 8.05. The maximum atomic E-state index is 4.04. The van der Waals surface area contributed by atoms with E-state index in [1.807, 2.05) is 0 Å². The lowest BCUT2D eigenvalue weighted by molar-refractivity contribution is 0.520. The molecular weight excluding hydrogens is 120 g/mol. The summed E-state index contributed by atoms with van der Waals surface area (Å²) in [6.07, 6.45) is 6.09. The van der Waals surface area contributed by atoms with Crippen LogP contribution in [0, 0.1) is 5.92 Å². The van der Waals surface area contributed by atoms with Crippen LogP contribution in [0.15, 0.2) is 36.0 Å². The first-order valence-corrected chi connectivity index (χ1v) is 3.86. The van der Waals surface area contributed by atoms with Gasteiger partial charge < -0.3 is 0 Å². The fraction of sp³-hybridized carbons (Fsp3) is 0.400. The van der Waals surface area contributed by atoms with E-state index in [0.717, 1.165) is 5.92 Å². The first-order chi connectivity index (χ1) is 4.79. The van der Waals surface area contributed by atoms with E-state index in [4.69, 9.17) is 0 Å². The van der Waals surface area contributed by atoms with E-state index in [9.17, 15) is 0 Å². The average Bonchev–Trinajstić information content (AvgIpc) is 2.00. The van der Waals surface area contributed by atoms with Crippen LogP contribution in [0.25, 0.3) is 0 Å². The smallest absolute Gasteiger partial charge is 0.0124 e. The first-order valence-electron chi connectivity index (χ1n) is 3.86. The van der Waals surface area contributed by atoms with Gasteiger partial charge in [0.15, 0.2) is 0 Å². The van der Waals surface area contributed by atoms with Gasteiger partial charge in [0.2, 0.25) is 0 Å². The number of rotatable bonds is 0. The molecule has 0 saturated heterocycles. The van der Waals surface area contributed by atoms with E-state index in [1.165, 1.54) is 36.0 Å². The van der Waals surface area contributed by atoms with Crippen molar-refractivity contribution in [1.82, 2.24) is 0 Å². The largest absolute Gasteiger partial charge is 0.0950 e. The highest BCUT2D eigenvalue weighted by atomic mass is 14.3. The van der Waals surface area contributed by atoms with Crippen molar-refractivity contribution in [2.75, 3.05) is 0 Å². The van der Waals surface area contributed by atoms with Crippen molar-refractivity contribution in [1.29, 1.82) is 0 Å². The third-order valence-electron chi connectivity index (χ3n) is 2.68. The quantitative estimate of drug-likeness (QED) is 0.475. The Morgan fingerprint density at radius 3 is 2.50 bits per heavy atom. The van der Waals surface area contributed by atoms with E-state index in [-0.39, 0.29) is 0 Å². The lowest BCUT2D eigenvalue weighted by atomic mass is 9.72. The van der Waals surface area contributed by atoms with E-state index in [2.05, 4.69) is 19.2 Å². The Kier molecular flexibility index (Phi) is 1.10. The molecule has 3 aliphatic rings. The molecule has 0 heteroatoms. The summed E-state index contributed by atoms with van der Waals surface area (Å²) in [4.78, 5) is 0. The van der Waals surface area contributed by atoms with Gasteiger partial charge in [0.25, 0.3) is 0 Å². The normalized spacial score (nSPS) is 30.8. The second-order valence-electron chi connectivity index (χ2n) is 3.20. The van der Waals surface area contributed by atoms with Crippen molar-refractivity contribution < 1.29 is 0 Å². The molecule has 0 aromatic carbocycles. The molecule has 52 valence electrons. The Morgan fingerprint density at radius 2 is 2.20 bits per heavy atom. The summed E-state index contributed by atoms with van der Waals surface area (Å²) in [6, 6.07) is 0. The molecular formula is C10H12. The van der Waals surface area contributed by atoms with Crippen LogP contribution in [0.5, 0.6) is 0 Å². The van der Waals surface area contributed by atoms with Gasteiger partial charge in [0.1, 0.15) is 0 Å². The van der Waals surface area contributed by atoms with Crippen LogP contribution in [0.3, 0.4) is 0 Å². The molecule has 0 heterocycles. The molecule has 3 aliphatic carbocycles. The highest BCUT2D eigenvalue weighted by Gasteiger charge is 2.26. The molecule has 0 spiro atoms. The number of fused-ring (bicyclic) bond motifs is 3. The minimum atomic E-state index is 0.727. The molecule has 0 radical (unpaired) electrons. The van der Waals surface area contributed by atoms with E-state index < -0.39 is 0 Å². The van der Waals surface area contributed by atoms with Crippen LogP contribution in [0.4, 0.5) is 0 Å². The molecule has 0 amide bonds. The molecule has 1 atom stereocenters. The number of allylic oxidation sites excluding steroid dienone is 4. The molecule has 10 heavy (non-hydrogen) atoms. The SMILES string of the molecule is C=C1C(=C)C2CC=C1CC2. The molecule has 3 rings (SSSR count). The monoisotopic (exact) mass is 132 g/mol. The van der Waals surface area contributed by atoms with Crippen LogP contribution in [-0.4, -0.2) is 0 Å². The zero-order valence-electron chi connectivity index (χ0n) is 6.19. The first kappa shape index (κ1) is 5.96. The molecule has 0 N–H and O–H groups in total. The van der Waals surface area contributed by atoms with Crippen molar-refractivity contribution in [3.05, 3.63) is 36.0 Å². The molecule has 0 aromatic heterocycles. The summed E-state index contributed by atoms with van der Waals surface area (Å²) >= 11 is 0. The summed E-state index contributed by atoms with van der Waals surface area (Å²) in [5.74, 6) is 0.727. The van der Waals surface area contributed by atoms with Crippen LogP contribution >= 0.6 is 0 Å². The van der Waals surface area contributed by atoms with Crippen molar-refractivity contribution >= 4 is 0 Å². The van der Waals surface area contributed by atoms with Crippen LogP contribution in [-0.2, 0) is 0 Å². The highest BCUT2D eigenvalue weighted by molar-refractivity contribution is 5.50. The van der Waals surface area contributed by atoms with E-state index in [0.29, 0.717) is 0 Å². The zero-order chi connectivity index (χ0) is 7.14. The van der Waals surface area contributed by atoms with Gasteiger partial charge in [-0.1, -0.05) is 19.2 Å². The fourth-order valence-electron chi connectivity index (χ4n) is 1.88. The Labute approximate surface area is 61.9 Å². The standard InChI is InChI=1S/C10H12/c1-7-8(2)10-5-3-9(7)4-6-10/h3,10H,1-2,4-6H2. The Bertz CT molecular complexity index is 230. The molecule has 0 aliphatic heterocycles. The summed E-state index contributed by atoms with van der Waals surface area (Å²) in [5, 5.41) is 0. The maximum Gasteiger partial charge on any atom is -0.0124 e. The summed E-state index contributed by atoms with van der Waals surface area (Å²) in [5.41, 5.74) is 3.97. The van der Waals surface area contributed by atoms with E-state index in [1.54, 1.807) is 0 Å². The van der Waals surface area contributed by atoms with Gasteiger partial charge in [-0.2, -0.15) is 0 Å². The molecule has 1 fully saturated rings. The fourth-order valence-corrected chi connectivity index (χ4v) is 1.88. The van der Waals surface area contributed by atoms with Crippen molar-refractivity contribution in [3.8, 4) is 0 Å². The average molecular weight is 132 g/mol.